The van der Waals surface area contributed by atoms with Gasteiger partial charge in [0, 0.05) is 54.8 Å². The van der Waals surface area contributed by atoms with Crippen LogP contribution in [0.5, 0.6) is 0 Å². The molecule has 0 radical (unpaired) electrons. The van der Waals surface area contributed by atoms with Crippen LogP contribution in [0.15, 0.2) is 82.7 Å². The van der Waals surface area contributed by atoms with Crippen LogP contribution in [0.1, 0.15) is 34.6 Å². The van der Waals surface area contributed by atoms with E-state index in [0.29, 0.717) is 16.6 Å². The van der Waals surface area contributed by atoms with Crippen LogP contribution in [-0.4, -0.2) is 43.8 Å². The lowest BCUT2D eigenvalue weighted by Crippen LogP contribution is -2.22. The minimum absolute atomic E-state index is 0.0126. The highest BCUT2D eigenvalue weighted by Crippen LogP contribution is 2.20. The van der Waals surface area contributed by atoms with Gasteiger partial charge in [0.05, 0.1) is 30.6 Å². The number of rotatable bonds is 9. The monoisotopic (exact) mass is 588 g/mol. The second-order valence-electron chi connectivity index (χ2n) is 9.57. The summed E-state index contributed by atoms with van der Waals surface area (Å²) in [4.78, 5) is 55.7. The predicted molar refractivity (Wildman–Crippen MR) is 155 cm³/mol. The number of imidazole rings is 1. The Morgan fingerprint density at radius 2 is 1.42 bits per heavy atom. The summed E-state index contributed by atoms with van der Waals surface area (Å²) in [5, 5.41) is -0.0425. The van der Waals surface area contributed by atoms with Crippen molar-refractivity contribution in [2.75, 3.05) is 13.2 Å². The number of nitrogens with zero attached hydrogens (tertiary/aromatic N) is 4. The summed E-state index contributed by atoms with van der Waals surface area (Å²) in [5.74, 6) is -3.01. The van der Waals surface area contributed by atoms with Gasteiger partial charge in [-0.25, -0.2) is 23.4 Å². The lowest BCUT2D eigenvalue weighted by Gasteiger charge is -2.17. The van der Waals surface area contributed by atoms with Crippen molar-refractivity contribution in [1.82, 2.24) is 18.7 Å². The van der Waals surface area contributed by atoms with Gasteiger partial charge in [-0.2, -0.15) is 0 Å². The maximum atomic E-state index is 14.2. The Morgan fingerprint density at radius 3 is 2.00 bits per heavy atom. The van der Waals surface area contributed by atoms with E-state index in [2.05, 4.69) is 4.98 Å². The van der Waals surface area contributed by atoms with Crippen molar-refractivity contribution in [3.05, 3.63) is 116 Å². The zero-order valence-corrected chi connectivity index (χ0v) is 23.3. The molecule has 0 fully saturated rings. The van der Waals surface area contributed by atoms with Gasteiger partial charge in [-0.1, -0.05) is 0 Å². The predicted octanol–water partition coefficient (Wildman–Crippen LogP) is 4.39. The molecule has 5 aromatic rings. The smallest absolute Gasteiger partial charge is 0.343 e. The fourth-order valence-electron chi connectivity index (χ4n) is 4.81. The Bertz CT molecular complexity index is 2010. The Hall–Kier alpha value is -5.39. The molecule has 3 aromatic heterocycles. The topological polar surface area (TPSA) is 114 Å². The molecule has 0 aliphatic carbocycles. The molecule has 0 aliphatic rings. The second-order valence-corrected chi connectivity index (χ2v) is 9.57. The van der Waals surface area contributed by atoms with E-state index in [1.165, 1.54) is 41.2 Å². The van der Waals surface area contributed by atoms with E-state index >= 15 is 0 Å². The molecule has 43 heavy (non-hydrogen) atoms. The number of ether oxygens (including phenoxy) is 2. The normalized spacial score (nSPS) is 11.7. The van der Waals surface area contributed by atoms with Gasteiger partial charge in [0.1, 0.15) is 22.8 Å². The second kappa shape index (κ2) is 12.2. The van der Waals surface area contributed by atoms with Gasteiger partial charge in [0.2, 0.25) is 10.9 Å². The molecule has 0 bridgehead atoms. The largest absolute Gasteiger partial charge is 0.462 e. The van der Waals surface area contributed by atoms with Crippen molar-refractivity contribution in [3.63, 3.8) is 0 Å². The standard InChI is InChI=1S/C31H26F2N4O6/c1-3-42-30(40)24-16-36(26-7-5-20(32)11-22(26)28(24)38)14-19(13-35-10-9-34-18-35)15-37-17-25(31(41)43-4-2)29(39)23-12-21(33)6-8-27(23)37/h5-12,14,16-18H,3-4,13,15H2,1-2H3/b19-14-. The minimum Gasteiger partial charge on any atom is -0.462 e. The Balaban J connectivity index is 1.74. The summed E-state index contributed by atoms with van der Waals surface area (Å²) in [5.41, 5.74) is -0.594. The van der Waals surface area contributed by atoms with Crippen molar-refractivity contribution >= 4 is 39.9 Å². The average molecular weight is 589 g/mol. The van der Waals surface area contributed by atoms with Crippen LogP contribution in [0.4, 0.5) is 8.78 Å². The summed E-state index contributed by atoms with van der Waals surface area (Å²) in [6.45, 7) is 3.58. The number of carbonyl (C=O) groups excluding carboxylic acids is 2. The molecule has 0 atom stereocenters. The van der Waals surface area contributed by atoms with Crippen molar-refractivity contribution in [2.45, 2.75) is 26.9 Å². The van der Waals surface area contributed by atoms with E-state index in [1.54, 1.807) is 47.9 Å². The molecular weight excluding hydrogens is 562 g/mol. The molecule has 0 N–H and O–H groups in total. The molecule has 5 rings (SSSR count). The lowest BCUT2D eigenvalue weighted by molar-refractivity contribution is 0.0514. The van der Waals surface area contributed by atoms with Crippen molar-refractivity contribution in [1.29, 1.82) is 0 Å². The first-order valence-corrected chi connectivity index (χ1v) is 13.4. The van der Waals surface area contributed by atoms with Crippen molar-refractivity contribution in [3.8, 4) is 0 Å². The number of benzene rings is 2. The Kier molecular flexibility index (Phi) is 8.28. The number of hydrogen-bond acceptors (Lipinski definition) is 7. The number of allylic oxidation sites excluding steroid dienone is 1. The molecule has 0 amide bonds. The average Bonchev–Trinajstić information content (AvgIpc) is 3.49. The molecule has 0 spiro atoms. The molecule has 0 saturated heterocycles. The fourth-order valence-corrected chi connectivity index (χ4v) is 4.81. The van der Waals surface area contributed by atoms with Crippen LogP contribution in [0, 0.1) is 11.6 Å². The van der Waals surface area contributed by atoms with Crippen LogP contribution in [0.25, 0.3) is 28.0 Å². The number of fused-ring (bicyclic) bond motifs is 2. The van der Waals surface area contributed by atoms with Gasteiger partial charge in [-0.3, -0.25) is 9.59 Å². The van der Waals surface area contributed by atoms with Crippen LogP contribution in [0.2, 0.25) is 0 Å². The number of carbonyl (C=O) groups is 2. The molecular formula is C31H26F2N4O6. The maximum absolute atomic E-state index is 14.2. The third-order valence-electron chi connectivity index (χ3n) is 6.67. The zero-order chi connectivity index (χ0) is 30.7. The summed E-state index contributed by atoms with van der Waals surface area (Å²) in [6.07, 6.45) is 9.21. The minimum atomic E-state index is -0.857. The molecule has 220 valence electrons. The van der Waals surface area contributed by atoms with Crippen molar-refractivity contribution in [2.24, 2.45) is 0 Å². The summed E-state index contributed by atoms with van der Waals surface area (Å²) >= 11 is 0. The summed E-state index contributed by atoms with van der Waals surface area (Å²) in [7, 11) is 0. The highest BCUT2D eigenvalue weighted by molar-refractivity contribution is 5.95. The number of aromatic nitrogens is 4. The quantitative estimate of drug-likeness (QED) is 0.235. The third-order valence-corrected chi connectivity index (χ3v) is 6.67. The van der Waals surface area contributed by atoms with Crippen LogP contribution >= 0.6 is 0 Å². The third kappa shape index (κ3) is 5.98. The van der Waals surface area contributed by atoms with Gasteiger partial charge in [-0.15, -0.1) is 0 Å². The fraction of sp³-hybridized carbons (Fsp3) is 0.194. The van der Waals surface area contributed by atoms with E-state index in [1.807, 2.05) is 0 Å². The lowest BCUT2D eigenvalue weighted by atomic mass is 10.1. The van der Waals surface area contributed by atoms with E-state index < -0.39 is 34.4 Å². The van der Waals surface area contributed by atoms with E-state index in [-0.39, 0.29) is 48.2 Å². The maximum Gasteiger partial charge on any atom is 0.343 e. The number of pyridine rings is 2. The molecule has 2 aromatic carbocycles. The molecule has 12 heteroatoms. The van der Waals surface area contributed by atoms with Crippen LogP contribution in [0.3, 0.4) is 0 Å². The molecule has 0 aliphatic heterocycles. The van der Waals surface area contributed by atoms with Crippen molar-refractivity contribution < 1.29 is 27.8 Å². The first kappa shape index (κ1) is 29.1. The zero-order valence-electron chi connectivity index (χ0n) is 23.3. The van der Waals surface area contributed by atoms with E-state index in [4.69, 9.17) is 9.47 Å². The van der Waals surface area contributed by atoms with Gasteiger partial charge in [-0.05, 0) is 55.8 Å². The summed E-state index contributed by atoms with van der Waals surface area (Å²) < 4.78 is 43.5. The SMILES string of the molecule is CCOC(=O)c1cn(/C=C(/Cn2ccnc2)Cn2cc(C(=O)OCC)c(=O)c3cc(F)ccc32)c2ccc(F)cc2c1=O. The van der Waals surface area contributed by atoms with Crippen LogP contribution < -0.4 is 10.9 Å². The molecule has 0 saturated carbocycles. The summed E-state index contributed by atoms with van der Waals surface area (Å²) in [6, 6.07) is 7.37. The number of halogens is 2. The van der Waals surface area contributed by atoms with Gasteiger partial charge >= 0.3 is 11.9 Å². The number of esters is 2. The Morgan fingerprint density at radius 1 is 0.837 bits per heavy atom. The Labute approximate surface area is 243 Å². The molecule has 10 nitrogen and oxygen atoms in total. The first-order valence-electron chi connectivity index (χ1n) is 13.4. The molecule has 3 heterocycles. The van der Waals surface area contributed by atoms with E-state index in [9.17, 15) is 28.0 Å². The number of hydrogen-bond donors (Lipinski definition) is 0. The van der Waals surface area contributed by atoms with Gasteiger partial charge in [0.15, 0.2) is 0 Å². The highest BCUT2D eigenvalue weighted by atomic mass is 19.1. The van der Waals surface area contributed by atoms with Gasteiger partial charge in [0.25, 0.3) is 0 Å². The van der Waals surface area contributed by atoms with E-state index in [0.717, 1.165) is 12.1 Å². The highest BCUT2D eigenvalue weighted by Gasteiger charge is 2.19. The molecule has 0 unspecified atom stereocenters. The first-order chi connectivity index (χ1) is 20.7. The van der Waals surface area contributed by atoms with Gasteiger partial charge < -0.3 is 23.2 Å². The van der Waals surface area contributed by atoms with Crippen LogP contribution in [-0.2, 0) is 22.6 Å².